The molecule has 0 aliphatic heterocycles. The van der Waals surface area contributed by atoms with Crippen molar-refractivity contribution in [3.63, 3.8) is 0 Å². The van der Waals surface area contributed by atoms with Crippen molar-refractivity contribution in [2.24, 2.45) is 0 Å². The monoisotopic (exact) mass is 255 g/mol. The number of hydrogen-bond donors (Lipinski definition) is 1. The lowest BCUT2D eigenvalue weighted by Gasteiger charge is -2.10. The molecular weight excluding hydrogens is 230 g/mol. The zero-order valence-electron chi connectivity index (χ0n) is 12.2. The SMILES string of the molecule is CCCCc1ccc2c(N)c(CCCC)ccc2c1. The molecule has 0 amide bonds. The Hall–Kier alpha value is -1.50. The average molecular weight is 255 g/mol. The number of fused-ring (bicyclic) bond motifs is 1. The standard InChI is InChI=1S/C18H25N/c1-3-5-7-14-9-12-17-16(13-14)11-10-15(18(17)19)8-6-4-2/h9-13H,3-8,19H2,1-2H3. The van der Waals surface area contributed by atoms with E-state index in [0.29, 0.717) is 0 Å². The molecule has 0 atom stereocenters. The van der Waals surface area contributed by atoms with Crippen molar-refractivity contribution in [1.82, 2.24) is 0 Å². The van der Waals surface area contributed by atoms with Gasteiger partial charge in [-0.2, -0.15) is 0 Å². The average Bonchev–Trinajstić information content (AvgIpc) is 2.44. The third-order valence-corrected chi connectivity index (χ3v) is 3.83. The van der Waals surface area contributed by atoms with Gasteiger partial charge in [0.05, 0.1) is 0 Å². The second-order valence-corrected chi connectivity index (χ2v) is 5.40. The Labute approximate surface area is 116 Å². The van der Waals surface area contributed by atoms with Crippen LogP contribution in [0.2, 0.25) is 0 Å². The highest BCUT2D eigenvalue weighted by Gasteiger charge is 2.05. The molecule has 0 fully saturated rings. The molecular formula is C18H25N. The number of anilines is 1. The normalized spacial score (nSPS) is 11.1. The summed E-state index contributed by atoms with van der Waals surface area (Å²) in [4.78, 5) is 0. The van der Waals surface area contributed by atoms with Gasteiger partial charge in [-0.1, -0.05) is 57.0 Å². The van der Waals surface area contributed by atoms with E-state index in [-0.39, 0.29) is 0 Å². The Morgan fingerprint density at radius 1 is 0.895 bits per heavy atom. The van der Waals surface area contributed by atoms with Crippen molar-refractivity contribution in [2.45, 2.75) is 52.4 Å². The molecule has 0 aromatic heterocycles. The number of aryl methyl sites for hydroxylation is 2. The van der Waals surface area contributed by atoms with E-state index in [1.165, 1.54) is 54.0 Å². The molecule has 0 bridgehead atoms. The largest absolute Gasteiger partial charge is 0.398 e. The van der Waals surface area contributed by atoms with Gasteiger partial charge >= 0.3 is 0 Å². The van der Waals surface area contributed by atoms with Crippen molar-refractivity contribution in [3.05, 3.63) is 41.5 Å². The Bertz CT molecular complexity index is 543. The van der Waals surface area contributed by atoms with Crippen LogP contribution in [0.15, 0.2) is 30.3 Å². The molecule has 0 aliphatic rings. The van der Waals surface area contributed by atoms with Crippen molar-refractivity contribution in [2.75, 3.05) is 5.73 Å². The summed E-state index contributed by atoms with van der Waals surface area (Å²) < 4.78 is 0. The summed E-state index contributed by atoms with van der Waals surface area (Å²) in [6, 6.07) is 11.2. The van der Waals surface area contributed by atoms with Gasteiger partial charge in [0.15, 0.2) is 0 Å². The van der Waals surface area contributed by atoms with Crippen molar-refractivity contribution in [3.8, 4) is 0 Å². The predicted molar refractivity (Wildman–Crippen MR) is 85.6 cm³/mol. The fraction of sp³-hybridized carbons (Fsp3) is 0.444. The fourth-order valence-corrected chi connectivity index (χ4v) is 2.57. The maximum absolute atomic E-state index is 6.31. The molecule has 0 heterocycles. The van der Waals surface area contributed by atoms with Crippen LogP contribution < -0.4 is 5.73 Å². The van der Waals surface area contributed by atoms with Gasteiger partial charge in [-0.3, -0.25) is 0 Å². The first kappa shape index (κ1) is 13.9. The van der Waals surface area contributed by atoms with E-state index in [9.17, 15) is 0 Å². The number of hydrogen-bond acceptors (Lipinski definition) is 1. The van der Waals surface area contributed by atoms with Crippen LogP contribution in [0.4, 0.5) is 5.69 Å². The smallest absolute Gasteiger partial charge is 0.0426 e. The molecule has 1 heteroatoms. The third kappa shape index (κ3) is 3.28. The van der Waals surface area contributed by atoms with Gasteiger partial charge in [0.1, 0.15) is 0 Å². The van der Waals surface area contributed by atoms with Gasteiger partial charge in [0.25, 0.3) is 0 Å². The Kier molecular flexibility index (Phi) is 4.84. The van der Waals surface area contributed by atoms with Gasteiger partial charge in [-0.15, -0.1) is 0 Å². The fourth-order valence-electron chi connectivity index (χ4n) is 2.57. The van der Waals surface area contributed by atoms with Crippen LogP contribution in [0, 0.1) is 0 Å². The van der Waals surface area contributed by atoms with E-state index in [1.54, 1.807) is 0 Å². The first-order valence-corrected chi connectivity index (χ1v) is 7.56. The first-order chi connectivity index (χ1) is 9.26. The molecule has 0 saturated heterocycles. The Morgan fingerprint density at radius 3 is 2.37 bits per heavy atom. The van der Waals surface area contributed by atoms with Gasteiger partial charge in [0.2, 0.25) is 0 Å². The van der Waals surface area contributed by atoms with Crippen LogP contribution in [0.1, 0.15) is 50.7 Å². The predicted octanol–water partition coefficient (Wildman–Crippen LogP) is 5.11. The maximum atomic E-state index is 6.31. The summed E-state index contributed by atoms with van der Waals surface area (Å²) in [7, 11) is 0. The lowest BCUT2D eigenvalue weighted by Crippen LogP contribution is -1.96. The van der Waals surface area contributed by atoms with Gasteiger partial charge in [-0.25, -0.2) is 0 Å². The van der Waals surface area contributed by atoms with E-state index < -0.39 is 0 Å². The second kappa shape index (κ2) is 6.60. The molecule has 0 unspecified atom stereocenters. The number of unbranched alkanes of at least 4 members (excludes halogenated alkanes) is 2. The molecule has 1 nitrogen and oxygen atoms in total. The molecule has 2 N–H and O–H groups in total. The van der Waals surface area contributed by atoms with Crippen LogP contribution in [0.3, 0.4) is 0 Å². The maximum Gasteiger partial charge on any atom is 0.0426 e. The minimum atomic E-state index is 0.980. The van der Waals surface area contributed by atoms with E-state index in [4.69, 9.17) is 5.73 Å². The zero-order chi connectivity index (χ0) is 13.7. The molecule has 19 heavy (non-hydrogen) atoms. The Morgan fingerprint density at radius 2 is 1.63 bits per heavy atom. The number of benzene rings is 2. The van der Waals surface area contributed by atoms with Crippen LogP contribution in [-0.2, 0) is 12.8 Å². The van der Waals surface area contributed by atoms with E-state index in [2.05, 4.69) is 44.2 Å². The highest BCUT2D eigenvalue weighted by molar-refractivity contribution is 5.94. The summed E-state index contributed by atoms with van der Waals surface area (Å²) in [6.45, 7) is 4.45. The van der Waals surface area contributed by atoms with Gasteiger partial charge < -0.3 is 5.73 Å². The van der Waals surface area contributed by atoms with E-state index in [0.717, 1.165) is 12.1 Å². The van der Waals surface area contributed by atoms with Crippen LogP contribution >= 0.6 is 0 Å². The highest BCUT2D eigenvalue weighted by atomic mass is 14.6. The van der Waals surface area contributed by atoms with E-state index in [1.807, 2.05) is 0 Å². The first-order valence-electron chi connectivity index (χ1n) is 7.56. The summed E-state index contributed by atoms with van der Waals surface area (Å²) in [6.07, 6.45) is 7.20. The summed E-state index contributed by atoms with van der Waals surface area (Å²) >= 11 is 0. The summed E-state index contributed by atoms with van der Waals surface area (Å²) in [5, 5.41) is 2.50. The molecule has 0 aliphatic carbocycles. The minimum absolute atomic E-state index is 0.980. The van der Waals surface area contributed by atoms with Crippen LogP contribution in [0.5, 0.6) is 0 Å². The number of nitrogen functional groups attached to an aromatic ring is 1. The van der Waals surface area contributed by atoms with Crippen molar-refractivity contribution >= 4 is 16.5 Å². The van der Waals surface area contributed by atoms with Crippen molar-refractivity contribution < 1.29 is 0 Å². The van der Waals surface area contributed by atoms with Crippen LogP contribution in [0.25, 0.3) is 10.8 Å². The molecule has 2 aromatic rings. The summed E-state index contributed by atoms with van der Waals surface area (Å²) in [5.74, 6) is 0. The van der Waals surface area contributed by atoms with Gasteiger partial charge in [-0.05, 0) is 42.2 Å². The summed E-state index contributed by atoms with van der Waals surface area (Å²) in [5.41, 5.74) is 10.0. The lowest BCUT2D eigenvalue weighted by atomic mass is 9.98. The minimum Gasteiger partial charge on any atom is -0.398 e. The van der Waals surface area contributed by atoms with Crippen LogP contribution in [-0.4, -0.2) is 0 Å². The van der Waals surface area contributed by atoms with E-state index >= 15 is 0 Å². The molecule has 2 aromatic carbocycles. The number of nitrogens with two attached hydrogens (primary N) is 1. The van der Waals surface area contributed by atoms with Crippen molar-refractivity contribution in [1.29, 1.82) is 0 Å². The quantitative estimate of drug-likeness (QED) is 0.713. The molecule has 2 rings (SSSR count). The third-order valence-electron chi connectivity index (χ3n) is 3.83. The highest BCUT2D eigenvalue weighted by Crippen LogP contribution is 2.27. The van der Waals surface area contributed by atoms with Gasteiger partial charge in [0, 0.05) is 11.1 Å². The molecule has 0 saturated carbocycles. The second-order valence-electron chi connectivity index (χ2n) is 5.40. The lowest BCUT2D eigenvalue weighted by molar-refractivity contribution is 0.795. The number of rotatable bonds is 6. The molecule has 0 spiro atoms. The Balaban J connectivity index is 2.30. The topological polar surface area (TPSA) is 26.0 Å². The zero-order valence-corrected chi connectivity index (χ0v) is 12.2. The molecule has 102 valence electrons. The molecule has 0 radical (unpaired) electrons.